The number of fused-ring (bicyclic) bond motifs is 1. The monoisotopic (exact) mass is 260 g/mol. The number of anilines is 1. The van der Waals surface area contributed by atoms with Crippen LogP contribution in [-0.4, -0.2) is 19.0 Å². The van der Waals surface area contributed by atoms with Gasteiger partial charge in [0.25, 0.3) is 0 Å². The van der Waals surface area contributed by atoms with E-state index >= 15 is 0 Å². The SMILES string of the molecule is CCC(NC1CC(=O)N(C)c2ccccc21)C(C)C. The van der Waals surface area contributed by atoms with Crippen LogP contribution in [0.5, 0.6) is 0 Å². The number of carbonyl (C=O) groups is 1. The van der Waals surface area contributed by atoms with Gasteiger partial charge in [0.2, 0.25) is 5.91 Å². The van der Waals surface area contributed by atoms with Gasteiger partial charge in [-0.05, 0) is 24.0 Å². The molecular weight excluding hydrogens is 236 g/mol. The number of para-hydroxylation sites is 1. The predicted molar refractivity (Wildman–Crippen MR) is 79.3 cm³/mol. The molecule has 0 saturated carbocycles. The molecule has 1 N–H and O–H groups in total. The van der Waals surface area contributed by atoms with Crippen LogP contribution in [0.2, 0.25) is 0 Å². The first kappa shape index (κ1) is 14.1. The van der Waals surface area contributed by atoms with Crippen LogP contribution in [0.1, 0.15) is 45.2 Å². The number of hydrogen-bond acceptors (Lipinski definition) is 2. The molecule has 2 rings (SSSR count). The Hall–Kier alpha value is -1.35. The first-order valence-electron chi connectivity index (χ1n) is 7.16. The van der Waals surface area contributed by atoms with E-state index in [4.69, 9.17) is 0 Å². The maximum Gasteiger partial charge on any atom is 0.228 e. The minimum absolute atomic E-state index is 0.146. The minimum atomic E-state index is 0.146. The van der Waals surface area contributed by atoms with Gasteiger partial charge in [0.1, 0.15) is 0 Å². The first-order valence-corrected chi connectivity index (χ1v) is 7.16. The van der Waals surface area contributed by atoms with Gasteiger partial charge in [-0.3, -0.25) is 4.79 Å². The maximum absolute atomic E-state index is 12.1. The van der Waals surface area contributed by atoms with Crippen LogP contribution in [-0.2, 0) is 4.79 Å². The van der Waals surface area contributed by atoms with Gasteiger partial charge >= 0.3 is 0 Å². The van der Waals surface area contributed by atoms with E-state index in [0.717, 1.165) is 12.1 Å². The molecule has 0 bridgehead atoms. The van der Waals surface area contributed by atoms with E-state index in [0.29, 0.717) is 18.4 Å². The van der Waals surface area contributed by atoms with E-state index in [9.17, 15) is 4.79 Å². The summed E-state index contributed by atoms with van der Waals surface area (Å²) in [7, 11) is 1.86. The molecule has 1 heterocycles. The standard InChI is InChI=1S/C16H24N2O/c1-5-13(11(2)3)17-14-10-16(19)18(4)15-9-7-6-8-12(14)15/h6-9,11,13-14,17H,5,10H2,1-4H3. The lowest BCUT2D eigenvalue weighted by atomic mass is 9.93. The largest absolute Gasteiger partial charge is 0.315 e. The molecule has 0 spiro atoms. The highest BCUT2D eigenvalue weighted by molar-refractivity contribution is 5.96. The third kappa shape index (κ3) is 2.81. The van der Waals surface area contributed by atoms with E-state index in [1.807, 2.05) is 25.2 Å². The quantitative estimate of drug-likeness (QED) is 0.902. The molecule has 0 saturated heterocycles. The van der Waals surface area contributed by atoms with E-state index in [-0.39, 0.29) is 11.9 Å². The molecule has 0 radical (unpaired) electrons. The molecule has 3 heteroatoms. The summed E-state index contributed by atoms with van der Waals surface area (Å²) < 4.78 is 0. The molecule has 2 unspecified atom stereocenters. The summed E-state index contributed by atoms with van der Waals surface area (Å²) in [4.78, 5) is 13.9. The average Bonchev–Trinajstić information content (AvgIpc) is 2.41. The van der Waals surface area contributed by atoms with Crippen molar-refractivity contribution in [3.8, 4) is 0 Å². The van der Waals surface area contributed by atoms with Gasteiger partial charge < -0.3 is 10.2 Å². The van der Waals surface area contributed by atoms with Gasteiger partial charge in [-0.1, -0.05) is 39.0 Å². The lowest BCUT2D eigenvalue weighted by molar-refractivity contribution is -0.119. The molecule has 19 heavy (non-hydrogen) atoms. The zero-order chi connectivity index (χ0) is 14.0. The van der Waals surface area contributed by atoms with Crippen molar-refractivity contribution in [2.75, 3.05) is 11.9 Å². The predicted octanol–water partition coefficient (Wildman–Crippen LogP) is 3.12. The number of amides is 1. The van der Waals surface area contributed by atoms with Crippen molar-refractivity contribution < 1.29 is 4.79 Å². The molecule has 1 aromatic rings. The Balaban J connectivity index is 2.27. The molecule has 3 nitrogen and oxygen atoms in total. The normalized spacial score (nSPS) is 20.6. The number of benzene rings is 1. The van der Waals surface area contributed by atoms with E-state index in [1.54, 1.807) is 4.90 Å². The number of nitrogens with one attached hydrogen (secondary N) is 1. The summed E-state index contributed by atoms with van der Waals surface area (Å²) in [5, 5.41) is 3.66. The average molecular weight is 260 g/mol. The third-order valence-electron chi connectivity index (χ3n) is 4.09. The lowest BCUT2D eigenvalue weighted by Gasteiger charge is -2.35. The van der Waals surface area contributed by atoms with Crippen molar-refractivity contribution in [2.24, 2.45) is 5.92 Å². The summed E-state index contributed by atoms with van der Waals surface area (Å²) in [6.07, 6.45) is 1.64. The Labute approximate surface area is 116 Å². The lowest BCUT2D eigenvalue weighted by Crippen LogP contribution is -2.42. The zero-order valence-corrected chi connectivity index (χ0v) is 12.3. The van der Waals surface area contributed by atoms with Gasteiger partial charge in [-0.2, -0.15) is 0 Å². The van der Waals surface area contributed by atoms with Crippen molar-refractivity contribution in [1.82, 2.24) is 5.32 Å². The molecule has 104 valence electrons. The molecule has 0 aliphatic carbocycles. The van der Waals surface area contributed by atoms with Crippen molar-refractivity contribution in [3.63, 3.8) is 0 Å². The Morgan fingerprint density at radius 3 is 2.68 bits per heavy atom. The number of rotatable bonds is 4. The smallest absolute Gasteiger partial charge is 0.228 e. The molecule has 1 amide bonds. The number of hydrogen-bond donors (Lipinski definition) is 1. The van der Waals surface area contributed by atoms with Crippen molar-refractivity contribution in [3.05, 3.63) is 29.8 Å². The molecule has 1 aliphatic rings. The molecular formula is C16H24N2O. The Morgan fingerprint density at radius 1 is 1.37 bits per heavy atom. The van der Waals surface area contributed by atoms with Gasteiger partial charge in [-0.15, -0.1) is 0 Å². The van der Waals surface area contributed by atoms with Crippen LogP contribution in [0.25, 0.3) is 0 Å². The molecule has 0 aromatic heterocycles. The molecule has 1 aliphatic heterocycles. The van der Waals surface area contributed by atoms with Crippen LogP contribution in [0, 0.1) is 5.92 Å². The van der Waals surface area contributed by atoms with E-state index < -0.39 is 0 Å². The molecule has 1 aromatic carbocycles. The number of carbonyl (C=O) groups excluding carboxylic acids is 1. The second-order valence-corrected chi connectivity index (χ2v) is 5.69. The Bertz CT molecular complexity index is 456. The van der Waals surface area contributed by atoms with Crippen molar-refractivity contribution >= 4 is 11.6 Å². The highest BCUT2D eigenvalue weighted by atomic mass is 16.2. The third-order valence-corrected chi connectivity index (χ3v) is 4.09. The van der Waals surface area contributed by atoms with Crippen molar-refractivity contribution in [1.29, 1.82) is 0 Å². The molecule has 2 atom stereocenters. The van der Waals surface area contributed by atoms with Crippen LogP contribution in [0.3, 0.4) is 0 Å². The number of nitrogens with zero attached hydrogens (tertiary/aromatic N) is 1. The fraction of sp³-hybridized carbons (Fsp3) is 0.562. The van der Waals surface area contributed by atoms with Crippen LogP contribution < -0.4 is 10.2 Å². The van der Waals surface area contributed by atoms with Gasteiger partial charge in [-0.25, -0.2) is 0 Å². The van der Waals surface area contributed by atoms with Crippen molar-refractivity contribution in [2.45, 2.75) is 45.7 Å². The highest BCUT2D eigenvalue weighted by Gasteiger charge is 2.30. The summed E-state index contributed by atoms with van der Waals surface area (Å²) in [6, 6.07) is 8.79. The van der Waals surface area contributed by atoms with Gasteiger partial charge in [0.15, 0.2) is 0 Å². The fourth-order valence-electron chi connectivity index (χ4n) is 2.83. The summed E-state index contributed by atoms with van der Waals surface area (Å²) in [5.74, 6) is 0.765. The summed E-state index contributed by atoms with van der Waals surface area (Å²) in [6.45, 7) is 6.65. The van der Waals surface area contributed by atoms with Crippen LogP contribution in [0.15, 0.2) is 24.3 Å². The maximum atomic E-state index is 12.1. The summed E-state index contributed by atoms with van der Waals surface area (Å²) in [5.41, 5.74) is 2.28. The Kier molecular flexibility index (Phi) is 4.25. The Morgan fingerprint density at radius 2 is 2.05 bits per heavy atom. The summed E-state index contributed by atoms with van der Waals surface area (Å²) >= 11 is 0. The van der Waals surface area contributed by atoms with E-state index in [2.05, 4.69) is 32.2 Å². The highest BCUT2D eigenvalue weighted by Crippen LogP contribution is 2.34. The van der Waals surface area contributed by atoms with E-state index in [1.165, 1.54) is 5.56 Å². The van der Waals surface area contributed by atoms with Crippen LogP contribution >= 0.6 is 0 Å². The second kappa shape index (κ2) is 5.74. The second-order valence-electron chi connectivity index (χ2n) is 5.69. The fourth-order valence-corrected chi connectivity index (χ4v) is 2.83. The first-order chi connectivity index (χ1) is 9.04. The minimum Gasteiger partial charge on any atom is -0.315 e. The van der Waals surface area contributed by atoms with Gasteiger partial charge in [0, 0.05) is 31.2 Å². The molecule has 0 fully saturated rings. The van der Waals surface area contributed by atoms with Crippen LogP contribution in [0.4, 0.5) is 5.69 Å². The van der Waals surface area contributed by atoms with Gasteiger partial charge in [0.05, 0.1) is 0 Å². The zero-order valence-electron chi connectivity index (χ0n) is 12.3. The topological polar surface area (TPSA) is 32.3 Å².